The van der Waals surface area contributed by atoms with Gasteiger partial charge in [0.2, 0.25) is 5.75 Å². The summed E-state index contributed by atoms with van der Waals surface area (Å²) in [5.74, 6) is 0.0647. The van der Waals surface area contributed by atoms with Crippen molar-refractivity contribution in [3.05, 3.63) is 91.2 Å². The summed E-state index contributed by atoms with van der Waals surface area (Å²) in [5.41, 5.74) is -1.27. The lowest BCUT2D eigenvalue weighted by Crippen LogP contribution is -2.09. The van der Waals surface area contributed by atoms with Gasteiger partial charge in [-0.25, -0.2) is 4.98 Å². The average Bonchev–Trinajstić information content (AvgIpc) is 2.74. The molecule has 0 saturated heterocycles. The van der Waals surface area contributed by atoms with Gasteiger partial charge in [0, 0.05) is 11.6 Å². The number of para-hydroxylation sites is 1. The summed E-state index contributed by atoms with van der Waals surface area (Å²) in [6, 6.07) is 13.4. The fourth-order valence-corrected chi connectivity index (χ4v) is 3.45. The number of alkyl halides is 3. The summed E-state index contributed by atoms with van der Waals surface area (Å²) in [5, 5.41) is 11.7. The SMILES string of the molecule is O=c1[nH]c(-c2ccc(Oc3ccc(C(F)(F)F)cc3[N+](=O)[O-])c(Br)c2)nc2ccccc12. The lowest BCUT2D eigenvalue weighted by molar-refractivity contribution is -0.385. The lowest BCUT2D eigenvalue weighted by atomic mass is 10.1. The van der Waals surface area contributed by atoms with E-state index >= 15 is 0 Å². The number of aromatic amines is 1. The van der Waals surface area contributed by atoms with Crippen molar-refractivity contribution in [1.82, 2.24) is 9.97 Å². The van der Waals surface area contributed by atoms with Crippen molar-refractivity contribution < 1.29 is 22.8 Å². The highest BCUT2D eigenvalue weighted by molar-refractivity contribution is 9.10. The molecule has 3 aromatic carbocycles. The fourth-order valence-electron chi connectivity index (χ4n) is 3.00. The highest BCUT2D eigenvalue weighted by Crippen LogP contribution is 2.40. The number of H-pyrrole nitrogens is 1. The first-order chi connectivity index (χ1) is 15.1. The highest BCUT2D eigenvalue weighted by Gasteiger charge is 2.33. The van der Waals surface area contributed by atoms with Crippen molar-refractivity contribution in [2.75, 3.05) is 0 Å². The van der Waals surface area contributed by atoms with Crippen LogP contribution >= 0.6 is 15.9 Å². The Morgan fingerprint density at radius 2 is 1.75 bits per heavy atom. The van der Waals surface area contributed by atoms with Crippen LogP contribution in [0, 0.1) is 10.1 Å². The minimum absolute atomic E-state index is 0.125. The molecule has 1 aromatic heterocycles. The minimum atomic E-state index is -4.73. The Balaban J connectivity index is 1.69. The molecule has 0 aliphatic heterocycles. The summed E-state index contributed by atoms with van der Waals surface area (Å²) in [6.45, 7) is 0. The van der Waals surface area contributed by atoms with Gasteiger partial charge in [-0.3, -0.25) is 14.9 Å². The monoisotopic (exact) mass is 505 g/mol. The zero-order valence-corrected chi connectivity index (χ0v) is 17.4. The second-order valence-electron chi connectivity index (χ2n) is 6.62. The summed E-state index contributed by atoms with van der Waals surface area (Å²) in [7, 11) is 0. The number of aromatic nitrogens is 2. The van der Waals surface area contributed by atoms with Gasteiger partial charge in [0.15, 0.2) is 0 Å². The third kappa shape index (κ3) is 4.19. The molecule has 0 fully saturated rings. The second-order valence-corrected chi connectivity index (χ2v) is 7.47. The number of hydrogen-bond donors (Lipinski definition) is 1. The van der Waals surface area contributed by atoms with Crippen molar-refractivity contribution >= 4 is 32.5 Å². The summed E-state index contributed by atoms with van der Waals surface area (Å²) in [4.78, 5) is 29.7. The van der Waals surface area contributed by atoms with Gasteiger partial charge in [-0.15, -0.1) is 0 Å². The van der Waals surface area contributed by atoms with Crippen molar-refractivity contribution in [1.29, 1.82) is 0 Å². The standard InChI is InChI=1S/C21H11BrF3N3O4/c22-14-9-11(19-26-15-4-2-1-3-13(15)20(29)27-19)5-7-17(14)32-18-8-6-12(21(23,24)25)10-16(18)28(30)31/h1-10H,(H,26,27,29). The number of hydrogen-bond acceptors (Lipinski definition) is 5. The maximum Gasteiger partial charge on any atom is 0.416 e. The molecule has 0 saturated carbocycles. The maximum absolute atomic E-state index is 12.9. The normalized spacial score (nSPS) is 11.5. The van der Waals surface area contributed by atoms with Gasteiger partial charge in [-0.05, 0) is 58.4 Å². The van der Waals surface area contributed by atoms with Crippen LogP contribution in [0.2, 0.25) is 0 Å². The fraction of sp³-hybridized carbons (Fsp3) is 0.0476. The molecule has 11 heteroatoms. The Morgan fingerprint density at radius 3 is 2.44 bits per heavy atom. The van der Waals surface area contributed by atoms with E-state index in [1.165, 1.54) is 6.07 Å². The third-order valence-corrected chi connectivity index (χ3v) is 5.14. The predicted molar refractivity (Wildman–Crippen MR) is 114 cm³/mol. The molecule has 0 spiro atoms. The smallest absolute Gasteiger partial charge is 0.416 e. The molecule has 1 N–H and O–H groups in total. The molecule has 0 amide bonds. The van der Waals surface area contributed by atoms with Crippen molar-refractivity contribution in [2.24, 2.45) is 0 Å². The molecule has 0 aliphatic rings. The minimum Gasteiger partial charge on any atom is -0.449 e. The molecule has 162 valence electrons. The van der Waals surface area contributed by atoms with Gasteiger partial charge in [0.1, 0.15) is 11.6 Å². The molecular weight excluding hydrogens is 495 g/mol. The third-order valence-electron chi connectivity index (χ3n) is 4.52. The van der Waals surface area contributed by atoms with Crippen LogP contribution in [0.5, 0.6) is 11.5 Å². The molecule has 7 nitrogen and oxygen atoms in total. The van der Waals surface area contributed by atoms with Crippen molar-refractivity contribution in [2.45, 2.75) is 6.18 Å². The molecule has 0 radical (unpaired) electrons. The van der Waals surface area contributed by atoms with Crippen LogP contribution in [0.1, 0.15) is 5.56 Å². The number of nitro benzene ring substituents is 1. The van der Waals surface area contributed by atoms with Crippen molar-refractivity contribution in [3.8, 4) is 22.9 Å². The van der Waals surface area contributed by atoms with E-state index in [1.807, 2.05) is 0 Å². The topological polar surface area (TPSA) is 98.1 Å². The first-order valence-corrected chi connectivity index (χ1v) is 9.75. The van der Waals surface area contributed by atoms with Crippen LogP contribution < -0.4 is 10.3 Å². The molecule has 32 heavy (non-hydrogen) atoms. The van der Waals surface area contributed by atoms with Gasteiger partial charge in [-0.1, -0.05) is 12.1 Å². The number of nitrogens with zero attached hydrogens (tertiary/aromatic N) is 2. The maximum atomic E-state index is 12.9. The van der Waals surface area contributed by atoms with E-state index in [4.69, 9.17) is 4.74 Å². The van der Waals surface area contributed by atoms with E-state index in [2.05, 4.69) is 25.9 Å². The van der Waals surface area contributed by atoms with E-state index in [9.17, 15) is 28.1 Å². The average molecular weight is 506 g/mol. The van der Waals surface area contributed by atoms with Crippen LogP contribution in [0.15, 0.2) is 69.9 Å². The highest BCUT2D eigenvalue weighted by atomic mass is 79.9. The number of nitrogens with one attached hydrogen (secondary N) is 1. The zero-order chi connectivity index (χ0) is 23.0. The Kier molecular flexibility index (Phi) is 5.43. The first kappa shape index (κ1) is 21.5. The van der Waals surface area contributed by atoms with Crippen LogP contribution in [-0.4, -0.2) is 14.9 Å². The van der Waals surface area contributed by atoms with Crippen LogP contribution in [0.4, 0.5) is 18.9 Å². The lowest BCUT2D eigenvalue weighted by Gasteiger charge is -2.12. The molecule has 1 heterocycles. The number of halogens is 4. The predicted octanol–water partition coefficient (Wildman–Crippen LogP) is 6.07. The summed E-state index contributed by atoms with van der Waals surface area (Å²) < 4.78 is 44.5. The van der Waals surface area contributed by atoms with Crippen LogP contribution in [0.25, 0.3) is 22.3 Å². The molecule has 0 atom stereocenters. The number of benzene rings is 3. The first-order valence-electron chi connectivity index (χ1n) is 8.96. The largest absolute Gasteiger partial charge is 0.449 e. The Morgan fingerprint density at radius 1 is 1.03 bits per heavy atom. The summed E-state index contributed by atoms with van der Waals surface area (Å²) in [6.07, 6.45) is -4.73. The van der Waals surface area contributed by atoms with E-state index in [0.29, 0.717) is 38.9 Å². The zero-order valence-electron chi connectivity index (χ0n) is 15.8. The van der Waals surface area contributed by atoms with E-state index in [1.54, 1.807) is 36.4 Å². The molecule has 4 rings (SSSR count). The second kappa shape index (κ2) is 8.08. The molecule has 0 unspecified atom stereocenters. The van der Waals surface area contributed by atoms with E-state index in [0.717, 1.165) is 6.07 Å². The van der Waals surface area contributed by atoms with Gasteiger partial charge in [-0.2, -0.15) is 13.2 Å². The van der Waals surface area contributed by atoms with Crippen molar-refractivity contribution in [3.63, 3.8) is 0 Å². The summed E-state index contributed by atoms with van der Waals surface area (Å²) >= 11 is 3.28. The number of ether oxygens (including phenoxy) is 1. The van der Waals surface area contributed by atoms with Gasteiger partial charge in [0.05, 0.1) is 25.9 Å². The molecule has 0 aliphatic carbocycles. The molecule has 0 bridgehead atoms. The Hall–Kier alpha value is -3.73. The quantitative estimate of drug-likeness (QED) is 0.268. The van der Waals surface area contributed by atoms with Crippen LogP contribution in [-0.2, 0) is 6.18 Å². The number of rotatable bonds is 4. The molecule has 4 aromatic rings. The number of nitro groups is 1. The van der Waals surface area contributed by atoms with Gasteiger partial charge < -0.3 is 9.72 Å². The van der Waals surface area contributed by atoms with E-state index < -0.39 is 22.4 Å². The van der Waals surface area contributed by atoms with Crippen LogP contribution in [0.3, 0.4) is 0 Å². The van der Waals surface area contributed by atoms with E-state index in [-0.39, 0.29) is 17.1 Å². The molecular formula is C21H11BrF3N3O4. The Bertz CT molecular complexity index is 1420. The van der Waals surface area contributed by atoms with Gasteiger partial charge in [0.25, 0.3) is 5.56 Å². The van der Waals surface area contributed by atoms with Gasteiger partial charge >= 0.3 is 11.9 Å². The number of fused-ring (bicyclic) bond motifs is 1. The Labute approximate surface area is 185 Å².